The molecular formula is C15H20F2O8S. The van der Waals surface area contributed by atoms with Crippen molar-refractivity contribution in [2.24, 2.45) is 11.8 Å². The van der Waals surface area contributed by atoms with Crippen LogP contribution >= 0.6 is 0 Å². The zero-order chi connectivity index (χ0) is 19.4. The maximum Gasteiger partial charge on any atom is 0.465 e. The van der Waals surface area contributed by atoms with E-state index in [1.165, 1.54) is 0 Å². The Labute approximate surface area is 148 Å². The molecule has 0 aromatic rings. The second-order valence-electron chi connectivity index (χ2n) is 7.76. The van der Waals surface area contributed by atoms with Gasteiger partial charge in [0.05, 0.1) is 11.2 Å². The van der Waals surface area contributed by atoms with Gasteiger partial charge in [-0.25, -0.2) is 4.79 Å². The monoisotopic (exact) mass is 398 g/mol. The highest BCUT2D eigenvalue weighted by Crippen LogP contribution is 2.58. The third kappa shape index (κ3) is 3.62. The number of esters is 1. The van der Waals surface area contributed by atoms with Crippen LogP contribution in [-0.2, 0) is 29.2 Å². The lowest BCUT2D eigenvalue weighted by Gasteiger charge is -2.59. The van der Waals surface area contributed by atoms with Gasteiger partial charge in [-0.15, -0.1) is 0 Å². The topological polar surface area (TPSA) is 127 Å². The van der Waals surface area contributed by atoms with E-state index in [0.717, 1.165) is 6.42 Å². The minimum absolute atomic E-state index is 0.322. The molecule has 0 radical (unpaired) electrons. The molecule has 26 heavy (non-hydrogen) atoms. The Balaban J connectivity index is 1.52. The number of carbonyl (C=O) groups excluding carboxylic acids is 2. The van der Waals surface area contributed by atoms with Crippen LogP contribution in [0.25, 0.3) is 0 Å². The third-order valence-corrected chi connectivity index (χ3v) is 6.26. The van der Waals surface area contributed by atoms with Crippen LogP contribution in [-0.4, -0.2) is 59.5 Å². The molecule has 4 aliphatic carbocycles. The maximum atomic E-state index is 13.0. The van der Waals surface area contributed by atoms with Gasteiger partial charge in [-0.3, -0.25) is 9.35 Å². The Hall–Kier alpha value is -1.17. The first-order valence-electron chi connectivity index (χ1n) is 8.24. The number of carbonyl (C=O) groups is 2. The second-order valence-corrected chi connectivity index (χ2v) is 9.23. The summed E-state index contributed by atoms with van der Waals surface area (Å²) >= 11 is 0. The number of aliphatic hydroxyl groups is 1. The van der Waals surface area contributed by atoms with Crippen molar-refractivity contribution >= 4 is 21.9 Å². The smallest absolute Gasteiger partial charge is 0.452 e. The summed E-state index contributed by atoms with van der Waals surface area (Å²) in [5.41, 5.74) is -1.44. The summed E-state index contributed by atoms with van der Waals surface area (Å²) < 4.78 is 64.9. The number of hydrogen-bond donors (Lipinski definition) is 2. The predicted octanol–water partition coefficient (Wildman–Crippen LogP) is 0.680. The summed E-state index contributed by atoms with van der Waals surface area (Å²) in [6, 6.07) is 0. The second kappa shape index (κ2) is 6.18. The van der Waals surface area contributed by atoms with Gasteiger partial charge in [-0.05, 0) is 43.9 Å². The summed E-state index contributed by atoms with van der Waals surface area (Å²) in [5.74, 6) is -2.71. The first kappa shape index (κ1) is 19.6. The van der Waals surface area contributed by atoms with Crippen LogP contribution < -0.4 is 0 Å². The highest BCUT2D eigenvalue weighted by Gasteiger charge is 2.58. The van der Waals surface area contributed by atoms with E-state index < -0.39 is 51.5 Å². The van der Waals surface area contributed by atoms with E-state index in [1.54, 1.807) is 0 Å². The average Bonchev–Trinajstić information content (AvgIpc) is 2.47. The lowest BCUT2D eigenvalue weighted by atomic mass is 9.52. The molecule has 0 aromatic heterocycles. The molecule has 0 aliphatic heterocycles. The Morgan fingerprint density at radius 2 is 1.69 bits per heavy atom. The maximum absolute atomic E-state index is 13.0. The zero-order valence-electron chi connectivity index (χ0n) is 13.8. The van der Waals surface area contributed by atoms with Crippen molar-refractivity contribution in [3.8, 4) is 0 Å². The Morgan fingerprint density at radius 1 is 1.12 bits per heavy atom. The third-order valence-electron chi connectivity index (χ3n) is 5.44. The van der Waals surface area contributed by atoms with E-state index in [9.17, 15) is 31.9 Å². The molecule has 2 N–H and O–H groups in total. The number of halogens is 2. The average molecular weight is 398 g/mol. The number of ether oxygens (including phenoxy) is 2. The molecule has 0 aromatic carbocycles. The predicted molar refractivity (Wildman–Crippen MR) is 80.8 cm³/mol. The zero-order valence-corrected chi connectivity index (χ0v) is 14.6. The molecule has 148 valence electrons. The highest BCUT2D eigenvalue weighted by atomic mass is 32.2. The molecule has 4 bridgehead atoms. The summed E-state index contributed by atoms with van der Waals surface area (Å²) in [7, 11) is -5.98. The Kier molecular flexibility index (Phi) is 4.66. The fourth-order valence-electron chi connectivity index (χ4n) is 4.91. The molecule has 11 heteroatoms. The molecule has 0 saturated heterocycles. The standard InChI is InChI=1S/C15H20F2O8S/c16-15(17,26(21,22)23)12(19)24-6-11(18)7-25-14-4-9-1-10(5-14)3-13(20,2-9)8-14/h9-10,20H,1-8H2,(H,21,22,23). The molecule has 0 heterocycles. The Morgan fingerprint density at radius 3 is 2.19 bits per heavy atom. The van der Waals surface area contributed by atoms with Gasteiger partial charge >= 0.3 is 21.3 Å². The van der Waals surface area contributed by atoms with Crippen molar-refractivity contribution < 1.29 is 45.9 Å². The van der Waals surface area contributed by atoms with Crippen LogP contribution in [0.4, 0.5) is 8.78 Å². The van der Waals surface area contributed by atoms with Gasteiger partial charge in [0.1, 0.15) is 6.61 Å². The summed E-state index contributed by atoms with van der Waals surface area (Å²) in [6.45, 7) is -1.60. The fraction of sp³-hybridized carbons (Fsp3) is 0.867. The SMILES string of the molecule is O=C(COC(=O)C(F)(F)S(=O)(=O)O)COC12CC3CC(CC(O)(C3)C1)C2. The minimum Gasteiger partial charge on any atom is -0.452 e. The molecule has 4 fully saturated rings. The van der Waals surface area contributed by atoms with Crippen molar-refractivity contribution in [2.45, 2.75) is 55.0 Å². The fourth-order valence-corrected chi connectivity index (χ4v) is 5.18. The number of hydrogen-bond acceptors (Lipinski definition) is 7. The van der Waals surface area contributed by atoms with E-state index in [2.05, 4.69) is 4.74 Å². The molecule has 4 aliphatic rings. The molecule has 0 spiro atoms. The van der Waals surface area contributed by atoms with Crippen molar-refractivity contribution in [3.05, 3.63) is 0 Å². The van der Waals surface area contributed by atoms with Crippen molar-refractivity contribution in [1.29, 1.82) is 0 Å². The number of rotatable bonds is 7. The minimum atomic E-state index is -5.98. The lowest BCUT2D eigenvalue weighted by molar-refractivity contribution is -0.219. The molecule has 4 rings (SSSR count). The van der Waals surface area contributed by atoms with Crippen LogP contribution in [0.3, 0.4) is 0 Å². The van der Waals surface area contributed by atoms with Gasteiger partial charge in [0, 0.05) is 6.42 Å². The number of alkyl halides is 2. The van der Waals surface area contributed by atoms with Crippen molar-refractivity contribution in [1.82, 2.24) is 0 Å². The van der Waals surface area contributed by atoms with Crippen LogP contribution in [0.1, 0.15) is 38.5 Å². The van der Waals surface area contributed by atoms with Crippen LogP contribution in [0.2, 0.25) is 0 Å². The largest absolute Gasteiger partial charge is 0.465 e. The Bertz CT molecular complexity index is 705. The van der Waals surface area contributed by atoms with E-state index in [4.69, 9.17) is 9.29 Å². The summed E-state index contributed by atoms with van der Waals surface area (Å²) in [6.07, 6.45) is 4.26. The summed E-state index contributed by atoms with van der Waals surface area (Å²) in [4.78, 5) is 22.8. The first-order valence-corrected chi connectivity index (χ1v) is 9.68. The molecular weight excluding hydrogens is 378 g/mol. The van der Waals surface area contributed by atoms with Crippen molar-refractivity contribution in [3.63, 3.8) is 0 Å². The molecule has 2 unspecified atom stereocenters. The molecule has 4 saturated carbocycles. The summed E-state index contributed by atoms with van der Waals surface area (Å²) in [5, 5.41) is 5.44. The molecule has 2 atom stereocenters. The van der Waals surface area contributed by atoms with E-state index in [1.807, 2.05) is 0 Å². The number of Topliss-reactive ketones (excluding diaryl/α,β-unsaturated/α-hetero) is 1. The van der Waals surface area contributed by atoms with Gasteiger partial charge < -0.3 is 14.6 Å². The van der Waals surface area contributed by atoms with E-state index in [-0.39, 0.29) is 0 Å². The lowest BCUT2D eigenvalue weighted by Crippen LogP contribution is -2.60. The molecule has 0 amide bonds. The van der Waals surface area contributed by atoms with Crippen LogP contribution in [0.5, 0.6) is 0 Å². The van der Waals surface area contributed by atoms with E-state index in [0.29, 0.717) is 43.9 Å². The van der Waals surface area contributed by atoms with Gasteiger partial charge in [-0.2, -0.15) is 17.2 Å². The van der Waals surface area contributed by atoms with Crippen molar-refractivity contribution in [2.75, 3.05) is 13.2 Å². The van der Waals surface area contributed by atoms with Gasteiger partial charge in [0.2, 0.25) is 0 Å². The number of ketones is 1. The van der Waals surface area contributed by atoms with E-state index >= 15 is 0 Å². The normalized spacial score (nSPS) is 36.2. The first-order chi connectivity index (χ1) is 11.8. The van der Waals surface area contributed by atoms with Crippen LogP contribution in [0, 0.1) is 11.8 Å². The quantitative estimate of drug-likeness (QED) is 0.473. The highest BCUT2D eigenvalue weighted by molar-refractivity contribution is 7.87. The van der Waals surface area contributed by atoms with Gasteiger partial charge in [-0.1, -0.05) is 0 Å². The van der Waals surface area contributed by atoms with Crippen LogP contribution in [0.15, 0.2) is 0 Å². The van der Waals surface area contributed by atoms with Gasteiger partial charge in [0.15, 0.2) is 12.4 Å². The van der Waals surface area contributed by atoms with Gasteiger partial charge in [0.25, 0.3) is 0 Å². The molecule has 8 nitrogen and oxygen atoms in total.